The number of carbonyl (C=O) groups is 4. The maximum Gasteiger partial charge on any atom is 0.340 e. The van der Waals surface area contributed by atoms with E-state index in [4.69, 9.17) is 10.5 Å². The van der Waals surface area contributed by atoms with E-state index in [1.807, 2.05) is 0 Å². The molecule has 0 bridgehead atoms. The molecule has 3 aromatic carbocycles. The summed E-state index contributed by atoms with van der Waals surface area (Å²) in [6.45, 7) is 0.859. The molecular formula is C24H17N3O7. The Morgan fingerprint density at radius 1 is 1.00 bits per heavy atom. The van der Waals surface area contributed by atoms with Gasteiger partial charge in [0.25, 0.3) is 11.6 Å². The zero-order valence-electron chi connectivity index (χ0n) is 17.8. The molecule has 10 heteroatoms. The second-order valence-electron chi connectivity index (χ2n) is 7.54. The summed E-state index contributed by atoms with van der Waals surface area (Å²) < 4.78 is 5.01. The van der Waals surface area contributed by atoms with Crippen LogP contribution in [-0.4, -0.2) is 35.0 Å². The molecule has 0 atom stereocenters. The molecule has 1 aliphatic rings. The summed E-state index contributed by atoms with van der Waals surface area (Å²) in [5.74, 6) is -2.58. The normalized spacial score (nSPS) is 11.9. The van der Waals surface area contributed by atoms with E-state index in [0.29, 0.717) is 5.56 Å². The molecule has 0 saturated heterocycles. The van der Waals surface area contributed by atoms with Gasteiger partial charge in [0.15, 0.2) is 18.2 Å². The van der Waals surface area contributed by atoms with Gasteiger partial charge in [-0.1, -0.05) is 30.3 Å². The molecule has 0 unspecified atom stereocenters. The highest BCUT2D eigenvalue weighted by Crippen LogP contribution is 2.33. The van der Waals surface area contributed by atoms with Crippen molar-refractivity contribution in [1.82, 2.24) is 0 Å². The first-order valence-corrected chi connectivity index (χ1v) is 10.0. The van der Waals surface area contributed by atoms with Crippen LogP contribution in [-0.2, 0) is 9.53 Å². The van der Waals surface area contributed by atoms with Gasteiger partial charge in [0.2, 0.25) is 0 Å². The predicted octanol–water partition coefficient (Wildman–Crippen LogP) is 3.06. The smallest absolute Gasteiger partial charge is 0.340 e. The Balaban J connectivity index is 1.50. The lowest BCUT2D eigenvalue weighted by molar-refractivity contribution is -0.385. The Bertz CT molecular complexity index is 1410. The van der Waals surface area contributed by atoms with Gasteiger partial charge >= 0.3 is 5.97 Å². The highest BCUT2D eigenvalue weighted by molar-refractivity contribution is 6.30. The van der Waals surface area contributed by atoms with E-state index in [-0.39, 0.29) is 50.7 Å². The van der Waals surface area contributed by atoms with Crippen LogP contribution in [0.2, 0.25) is 0 Å². The Hall–Kier alpha value is -4.86. The summed E-state index contributed by atoms with van der Waals surface area (Å²) in [6.07, 6.45) is 0. The molecule has 0 spiro atoms. The topological polar surface area (TPSA) is 159 Å². The van der Waals surface area contributed by atoms with Crippen molar-refractivity contribution in [2.75, 3.05) is 17.7 Å². The third kappa shape index (κ3) is 3.88. The lowest BCUT2D eigenvalue weighted by Gasteiger charge is -2.20. The first-order chi connectivity index (χ1) is 16.2. The number of carbonyl (C=O) groups excluding carboxylic acids is 4. The van der Waals surface area contributed by atoms with E-state index >= 15 is 0 Å². The van der Waals surface area contributed by atoms with Crippen molar-refractivity contribution in [2.24, 2.45) is 0 Å². The number of nitrogen functional groups attached to an aromatic ring is 1. The lowest BCUT2D eigenvalue weighted by Crippen LogP contribution is -2.25. The number of esters is 1. The van der Waals surface area contributed by atoms with Crippen LogP contribution in [0.25, 0.3) is 0 Å². The van der Waals surface area contributed by atoms with Crippen LogP contribution in [0.15, 0.2) is 54.6 Å². The average molecular weight is 459 g/mol. The number of benzene rings is 3. The first-order valence-electron chi connectivity index (χ1n) is 10.0. The van der Waals surface area contributed by atoms with Gasteiger partial charge < -0.3 is 15.8 Å². The van der Waals surface area contributed by atoms with Crippen molar-refractivity contribution in [3.8, 4) is 0 Å². The average Bonchev–Trinajstić information content (AvgIpc) is 2.82. The van der Waals surface area contributed by atoms with Crippen molar-refractivity contribution in [1.29, 1.82) is 0 Å². The SMILES string of the molecule is Cc1ccc(NC(=O)COC(=O)c2ccc3c(c2N)C(=O)c2ccccc2C3=O)cc1[N+](=O)[O-]. The zero-order valence-corrected chi connectivity index (χ0v) is 17.8. The summed E-state index contributed by atoms with van der Waals surface area (Å²) in [5, 5.41) is 13.5. The van der Waals surface area contributed by atoms with Crippen molar-refractivity contribution >= 4 is 40.5 Å². The van der Waals surface area contributed by atoms with Gasteiger partial charge in [0, 0.05) is 34.0 Å². The highest BCUT2D eigenvalue weighted by atomic mass is 16.6. The van der Waals surface area contributed by atoms with Crippen molar-refractivity contribution in [3.05, 3.63) is 98.1 Å². The molecular weight excluding hydrogens is 442 g/mol. The second-order valence-corrected chi connectivity index (χ2v) is 7.54. The standard InChI is InChI=1S/C24H17N3O7/c1-12-6-7-13(10-18(12)27(32)33)26-19(28)11-34-24(31)17-9-8-16-20(21(17)25)23(30)15-5-3-2-4-14(15)22(16)29/h2-10H,11,25H2,1H3,(H,26,28). The Morgan fingerprint density at radius 3 is 2.35 bits per heavy atom. The molecule has 0 saturated carbocycles. The van der Waals surface area contributed by atoms with Gasteiger partial charge in [0.1, 0.15) is 0 Å². The number of amides is 1. The van der Waals surface area contributed by atoms with Crippen LogP contribution in [0.4, 0.5) is 17.1 Å². The third-order valence-electron chi connectivity index (χ3n) is 5.38. The Kier molecular flexibility index (Phi) is 5.64. The van der Waals surface area contributed by atoms with E-state index in [2.05, 4.69) is 5.32 Å². The molecule has 4 rings (SSSR count). The van der Waals surface area contributed by atoms with Gasteiger partial charge in [0.05, 0.1) is 21.7 Å². The molecule has 0 heterocycles. The van der Waals surface area contributed by atoms with E-state index < -0.39 is 29.2 Å². The van der Waals surface area contributed by atoms with Gasteiger partial charge in [-0.25, -0.2) is 4.79 Å². The molecule has 0 fully saturated rings. The summed E-state index contributed by atoms with van der Waals surface area (Å²) in [4.78, 5) is 60.9. The number of anilines is 2. The van der Waals surface area contributed by atoms with E-state index in [9.17, 15) is 29.3 Å². The number of nitrogens with zero attached hydrogens (tertiary/aromatic N) is 1. The van der Waals surface area contributed by atoms with Gasteiger partial charge in [-0.15, -0.1) is 0 Å². The number of ketones is 2. The molecule has 1 aliphatic carbocycles. The minimum absolute atomic E-state index is 0.0801. The van der Waals surface area contributed by atoms with Crippen molar-refractivity contribution in [3.63, 3.8) is 0 Å². The van der Waals surface area contributed by atoms with Crippen LogP contribution >= 0.6 is 0 Å². The van der Waals surface area contributed by atoms with Gasteiger partial charge in [-0.05, 0) is 25.1 Å². The number of nitrogens with one attached hydrogen (secondary N) is 1. The Morgan fingerprint density at radius 2 is 1.68 bits per heavy atom. The first kappa shape index (κ1) is 22.3. The minimum atomic E-state index is -0.968. The molecule has 0 radical (unpaired) electrons. The molecule has 34 heavy (non-hydrogen) atoms. The fourth-order valence-electron chi connectivity index (χ4n) is 3.68. The van der Waals surface area contributed by atoms with Crippen LogP contribution in [0.1, 0.15) is 47.8 Å². The van der Waals surface area contributed by atoms with Crippen LogP contribution in [0, 0.1) is 17.0 Å². The fraction of sp³-hybridized carbons (Fsp3) is 0.0833. The number of rotatable bonds is 5. The maximum absolute atomic E-state index is 12.9. The quantitative estimate of drug-likeness (QED) is 0.199. The largest absolute Gasteiger partial charge is 0.452 e. The molecule has 0 aliphatic heterocycles. The van der Waals surface area contributed by atoms with E-state index in [0.717, 1.165) is 0 Å². The van der Waals surface area contributed by atoms with Crippen molar-refractivity contribution in [2.45, 2.75) is 6.92 Å². The third-order valence-corrected chi connectivity index (χ3v) is 5.38. The number of fused-ring (bicyclic) bond motifs is 2. The van der Waals surface area contributed by atoms with Crippen LogP contribution < -0.4 is 11.1 Å². The minimum Gasteiger partial charge on any atom is -0.452 e. The predicted molar refractivity (Wildman–Crippen MR) is 121 cm³/mol. The number of nitrogens with two attached hydrogens (primary N) is 1. The zero-order chi connectivity index (χ0) is 24.6. The lowest BCUT2D eigenvalue weighted by atomic mass is 9.82. The van der Waals surface area contributed by atoms with Crippen LogP contribution in [0.5, 0.6) is 0 Å². The molecule has 3 N–H and O–H groups in total. The number of hydrogen-bond acceptors (Lipinski definition) is 8. The molecule has 170 valence electrons. The Labute approximate surface area is 192 Å². The second kappa shape index (κ2) is 8.58. The summed E-state index contributed by atoms with van der Waals surface area (Å²) in [5.41, 5.74) is 6.52. The van der Waals surface area contributed by atoms with Gasteiger partial charge in [-0.3, -0.25) is 24.5 Å². The molecule has 3 aromatic rings. The number of ether oxygens (including phenoxy) is 1. The summed E-state index contributed by atoms with van der Waals surface area (Å²) in [6, 6.07) is 13.0. The highest BCUT2D eigenvalue weighted by Gasteiger charge is 2.33. The number of aryl methyl sites for hydroxylation is 1. The van der Waals surface area contributed by atoms with Crippen molar-refractivity contribution < 1.29 is 28.8 Å². The molecule has 0 aromatic heterocycles. The van der Waals surface area contributed by atoms with E-state index in [1.165, 1.54) is 42.5 Å². The van der Waals surface area contributed by atoms with Gasteiger partial charge in [-0.2, -0.15) is 0 Å². The summed E-state index contributed by atoms with van der Waals surface area (Å²) >= 11 is 0. The number of nitro groups is 1. The number of hydrogen-bond donors (Lipinski definition) is 2. The maximum atomic E-state index is 12.9. The number of nitro benzene ring substituents is 1. The molecule has 10 nitrogen and oxygen atoms in total. The fourth-order valence-corrected chi connectivity index (χ4v) is 3.68. The van der Waals surface area contributed by atoms with Crippen LogP contribution in [0.3, 0.4) is 0 Å². The summed E-state index contributed by atoms with van der Waals surface area (Å²) in [7, 11) is 0. The monoisotopic (exact) mass is 459 g/mol. The van der Waals surface area contributed by atoms with E-state index in [1.54, 1.807) is 19.1 Å². The molecule has 1 amide bonds.